The predicted molar refractivity (Wildman–Crippen MR) is 177 cm³/mol. The lowest BCUT2D eigenvalue weighted by Gasteiger charge is -2.34. The van der Waals surface area contributed by atoms with E-state index in [0.29, 0.717) is 22.3 Å². The topological polar surface area (TPSA) is 96.0 Å². The van der Waals surface area contributed by atoms with Crippen LogP contribution < -0.4 is 14.4 Å². The summed E-state index contributed by atoms with van der Waals surface area (Å²) < 4.78 is 35.2. The van der Waals surface area contributed by atoms with Gasteiger partial charge in [-0.1, -0.05) is 73.7 Å². The Labute approximate surface area is 270 Å². The normalized spacial score (nSPS) is 14.5. The van der Waals surface area contributed by atoms with Crippen LogP contribution in [0, 0.1) is 13.8 Å². The van der Waals surface area contributed by atoms with Gasteiger partial charge in [0, 0.05) is 12.6 Å². The Balaban J connectivity index is 1.71. The summed E-state index contributed by atoms with van der Waals surface area (Å²) >= 11 is 3.39. The molecule has 0 bridgehead atoms. The molecule has 4 rings (SSSR count). The molecule has 0 saturated heterocycles. The molecule has 0 heterocycles. The largest absolute Gasteiger partial charge is 0.496 e. The number of rotatable bonds is 12. The highest BCUT2D eigenvalue weighted by atomic mass is 79.9. The Bertz CT molecular complexity index is 1540. The van der Waals surface area contributed by atoms with Gasteiger partial charge >= 0.3 is 0 Å². The number of halogens is 1. The molecule has 2 amide bonds. The molecule has 1 aliphatic carbocycles. The number of amides is 2. The average molecular weight is 685 g/mol. The van der Waals surface area contributed by atoms with E-state index in [-0.39, 0.29) is 23.4 Å². The van der Waals surface area contributed by atoms with Gasteiger partial charge in [0.25, 0.3) is 10.0 Å². The maximum atomic E-state index is 14.3. The number of ether oxygens (including phenoxy) is 1. The second-order valence-electron chi connectivity index (χ2n) is 11.4. The second-order valence-corrected chi connectivity index (χ2v) is 14.1. The van der Waals surface area contributed by atoms with Crippen molar-refractivity contribution in [2.75, 3.05) is 18.0 Å². The van der Waals surface area contributed by atoms with E-state index >= 15 is 0 Å². The van der Waals surface area contributed by atoms with Crippen molar-refractivity contribution in [2.45, 2.75) is 82.8 Å². The highest BCUT2D eigenvalue weighted by Gasteiger charge is 2.34. The summed E-state index contributed by atoms with van der Waals surface area (Å²) in [6.45, 7) is 5.47. The van der Waals surface area contributed by atoms with Crippen molar-refractivity contribution in [3.63, 3.8) is 0 Å². The van der Waals surface area contributed by atoms with Crippen LogP contribution in [-0.2, 0) is 26.2 Å². The first kappa shape index (κ1) is 33.5. The minimum Gasteiger partial charge on any atom is -0.496 e. The quantitative estimate of drug-likeness (QED) is 0.234. The Morgan fingerprint density at radius 2 is 1.57 bits per heavy atom. The number of methoxy groups -OCH3 is 1. The van der Waals surface area contributed by atoms with Crippen LogP contribution in [0.3, 0.4) is 0 Å². The number of aryl methyl sites for hydroxylation is 2. The number of carbonyl (C=O) groups is 2. The Hall–Kier alpha value is -3.37. The van der Waals surface area contributed by atoms with Crippen LogP contribution in [0.4, 0.5) is 5.69 Å². The average Bonchev–Trinajstić information content (AvgIpc) is 3.01. The number of nitrogens with zero attached hydrogens (tertiary/aromatic N) is 2. The lowest BCUT2D eigenvalue weighted by Crippen LogP contribution is -2.54. The summed E-state index contributed by atoms with van der Waals surface area (Å²) in [6.07, 6.45) is 5.53. The van der Waals surface area contributed by atoms with Gasteiger partial charge in [-0.05, 0) is 84.9 Å². The van der Waals surface area contributed by atoms with E-state index in [9.17, 15) is 18.0 Å². The van der Waals surface area contributed by atoms with Gasteiger partial charge in [-0.15, -0.1) is 0 Å². The monoisotopic (exact) mass is 683 g/mol. The highest BCUT2D eigenvalue weighted by molar-refractivity contribution is 9.10. The van der Waals surface area contributed by atoms with Gasteiger partial charge in [-0.2, -0.15) is 0 Å². The molecule has 0 aromatic heterocycles. The number of carbonyl (C=O) groups excluding carboxylic acids is 2. The molecule has 8 nitrogen and oxygen atoms in total. The van der Waals surface area contributed by atoms with Crippen molar-refractivity contribution >= 4 is 43.5 Å². The molecule has 0 unspecified atom stereocenters. The first-order chi connectivity index (χ1) is 21.0. The van der Waals surface area contributed by atoms with Crippen LogP contribution in [0.25, 0.3) is 0 Å². The van der Waals surface area contributed by atoms with E-state index in [1.54, 1.807) is 18.2 Å². The van der Waals surface area contributed by atoms with Gasteiger partial charge < -0.3 is 15.0 Å². The lowest BCUT2D eigenvalue weighted by molar-refractivity contribution is -0.140. The number of hydrogen-bond donors (Lipinski definition) is 1. The molecule has 1 atom stereocenters. The minimum atomic E-state index is -4.20. The fraction of sp³-hybridized carbons (Fsp3) is 0.412. The van der Waals surface area contributed by atoms with E-state index in [1.807, 2.05) is 57.2 Å². The first-order valence-electron chi connectivity index (χ1n) is 15.1. The Morgan fingerprint density at radius 3 is 2.14 bits per heavy atom. The molecule has 1 aliphatic rings. The summed E-state index contributed by atoms with van der Waals surface area (Å²) in [6, 6.07) is 18.6. The molecule has 1 N–H and O–H groups in total. The highest BCUT2D eigenvalue weighted by Crippen LogP contribution is 2.31. The Kier molecular flexibility index (Phi) is 11.5. The van der Waals surface area contributed by atoms with E-state index in [4.69, 9.17) is 4.74 Å². The number of hydrogen-bond acceptors (Lipinski definition) is 5. The maximum absolute atomic E-state index is 14.3. The Morgan fingerprint density at radius 1 is 0.955 bits per heavy atom. The SMILES string of the molecule is CC[C@H](C(=O)NC1CCCCC1)N(Cc1ccc(C)cc1)C(=O)CN(c1ccc(C)cc1)S(=O)(=O)c1ccc(OC)c(Br)c1. The third kappa shape index (κ3) is 8.21. The zero-order chi connectivity index (χ0) is 31.9. The fourth-order valence-corrected chi connectivity index (χ4v) is 7.66. The van der Waals surface area contributed by atoms with Crippen LogP contribution in [0.2, 0.25) is 0 Å². The van der Waals surface area contributed by atoms with E-state index < -0.39 is 28.5 Å². The van der Waals surface area contributed by atoms with Crippen LogP contribution in [-0.4, -0.2) is 50.9 Å². The molecule has 0 radical (unpaired) electrons. The van der Waals surface area contributed by atoms with E-state index in [1.165, 1.54) is 24.1 Å². The predicted octanol–water partition coefficient (Wildman–Crippen LogP) is 6.53. The number of sulfonamides is 1. The van der Waals surface area contributed by atoms with Crippen molar-refractivity contribution < 1.29 is 22.7 Å². The van der Waals surface area contributed by atoms with Gasteiger partial charge in [0.2, 0.25) is 11.8 Å². The minimum absolute atomic E-state index is 0.00529. The van der Waals surface area contributed by atoms with Gasteiger partial charge in [0.15, 0.2) is 0 Å². The van der Waals surface area contributed by atoms with Gasteiger partial charge in [-0.3, -0.25) is 13.9 Å². The summed E-state index contributed by atoms with van der Waals surface area (Å²) in [5.74, 6) is -0.183. The molecule has 0 spiro atoms. The number of benzene rings is 3. The molecule has 0 aliphatic heterocycles. The molecule has 3 aromatic carbocycles. The molecular formula is C34H42BrN3O5S. The number of anilines is 1. The lowest BCUT2D eigenvalue weighted by atomic mass is 9.95. The van der Waals surface area contributed by atoms with Crippen LogP contribution >= 0.6 is 15.9 Å². The molecule has 10 heteroatoms. The molecular weight excluding hydrogens is 642 g/mol. The number of nitrogens with one attached hydrogen (secondary N) is 1. The van der Waals surface area contributed by atoms with Gasteiger partial charge in [-0.25, -0.2) is 8.42 Å². The summed E-state index contributed by atoms with van der Waals surface area (Å²) in [5.41, 5.74) is 3.25. The van der Waals surface area contributed by atoms with Crippen molar-refractivity contribution in [1.82, 2.24) is 10.2 Å². The molecule has 44 heavy (non-hydrogen) atoms. The first-order valence-corrected chi connectivity index (χ1v) is 17.3. The van der Waals surface area contributed by atoms with Gasteiger partial charge in [0.1, 0.15) is 18.3 Å². The standard InChI is InChI=1S/C34H42BrN3O5S/c1-5-31(34(40)36-27-9-7-6-8-10-27)37(22-26-15-11-24(2)12-16-26)33(39)23-38(28-17-13-25(3)14-18-28)44(41,42)29-19-20-32(43-4)30(35)21-29/h11-21,27,31H,5-10,22-23H2,1-4H3,(H,36,40)/t31-/m1/s1. The van der Waals surface area contributed by atoms with E-state index in [2.05, 4.69) is 21.2 Å². The zero-order valence-corrected chi connectivity index (χ0v) is 28.3. The van der Waals surface area contributed by atoms with Crippen molar-refractivity contribution in [3.8, 4) is 5.75 Å². The third-order valence-electron chi connectivity index (χ3n) is 8.12. The van der Waals surface area contributed by atoms with Crippen LogP contribution in [0.15, 0.2) is 76.1 Å². The molecule has 3 aromatic rings. The summed E-state index contributed by atoms with van der Waals surface area (Å²) in [7, 11) is -2.69. The molecule has 1 saturated carbocycles. The zero-order valence-electron chi connectivity index (χ0n) is 25.9. The molecule has 236 valence electrons. The van der Waals surface area contributed by atoms with Crippen molar-refractivity contribution in [2.24, 2.45) is 0 Å². The van der Waals surface area contributed by atoms with E-state index in [0.717, 1.165) is 53.1 Å². The molecule has 1 fully saturated rings. The maximum Gasteiger partial charge on any atom is 0.264 e. The van der Waals surface area contributed by atoms with Gasteiger partial charge in [0.05, 0.1) is 22.2 Å². The summed E-state index contributed by atoms with van der Waals surface area (Å²) in [4.78, 5) is 29.5. The van der Waals surface area contributed by atoms with Crippen molar-refractivity contribution in [1.29, 1.82) is 0 Å². The second kappa shape index (κ2) is 15.1. The van der Waals surface area contributed by atoms with Crippen LogP contribution in [0.1, 0.15) is 62.1 Å². The fourth-order valence-electron chi connectivity index (χ4n) is 5.53. The van der Waals surface area contributed by atoms with Crippen LogP contribution in [0.5, 0.6) is 5.75 Å². The van der Waals surface area contributed by atoms with Crippen molar-refractivity contribution in [3.05, 3.63) is 87.9 Å². The smallest absolute Gasteiger partial charge is 0.264 e. The summed E-state index contributed by atoms with van der Waals surface area (Å²) in [5, 5.41) is 3.18. The third-order valence-corrected chi connectivity index (χ3v) is 10.5.